The van der Waals surface area contributed by atoms with E-state index in [0.717, 1.165) is 51.4 Å². The van der Waals surface area contributed by atoms with E-state index in [1.807, 2.05) is 6.07 Å². The lowest BCUT2D eigenvalue weighted by atomic mass is 10.2. The van der Waals surface area contributed by atoms with Gasteiger partial charge in [-0.1, -0.05) is 0 Å². The Balaban J connectivity index is 1.33. The van der Waals surface area contributed by atoms with Crippen LogP contribution in [0.25, 0.3) is 0 Å². The number of anilines is 1. The summed E-state index contributed by atoms with van der Waals surface area (Å²) in [6.07, 6.45) is 4.04. The fourth-order valence-electron chi connectivity index (χ4n) is 3.46. The van der Waals surface area contributed by atoms with E-state index in [0.29, 0.717) is 23.5 Å². The summed E-state index contributed by atoms with van der Waals surface area (Å²) in [7, 11) is 0. The van der Waals surface area contributed by atoms with Gasteiger partial charge >= 0.3 is 0 Å². The molecule has 2 aliphatic rings. The monoisotopic (exact) mass is 386 g/mol. The molecule has 0 amide bonds. The molecule has 27 heavy (non-hydrogen) atoms. The third-order valence-electron chi connectivity index (χ3n) is 5.00. The molecule has 1 atom stereocenters. The van der Waals surface area contributed by atoms with Crippen molar-refractivity contribution in [3.63, 3.8) is 0 Å². The Kier molecular flexibility index (Phi) is 5.42. The molecule has 0 N–H and O–H groups in total. The van der Waals surface area contributed by atoms with Crippen LogP contribution < -0.4 is 4.90 Å². The molecule has 0 radical (unpaired) electrons. The second-order valence-electron chi connectivity index (χ2n) is 6.84. The van der Waals surface area contributed by atoms with Crippen LogP contribution in [0.15, 0.2) is 18.3 Å². The molecule has 4 rings (SSSR count). The topological polar surface area (TPSA) is 88.0 Å². The molecular formula is C17H22N8OS. The highest BCUT2D eigenvalue weighted by molar-refractivity contribution is 7.71. The fourth-order valence-corrected chi connectivity index (χ4v) is 3.66. The lowest BCUT2D eigenvalue weighted by Gasteiger charge is -2.35. The third kappa shape index (κ3) is 4.16. The first-order valence-electron chi connectivity index (χ1n) is 9.18. The van der Waals surface area contributed by atoms with Crippen LogP contribution in [-0.4, -0.2) is 68.6 Å². The molecule has 10 heteroatoms. The van der Waals surface area contributed by atoms with Crippen molar-refractivity contribution in [3.8, 4) is 6.07 Å². The second kappa shape index (κ2) is 8.12. The van der Waals surface area contributed by atoms with Gasteiger partial charge in [-0.15, -0.1) is 0 Å². The predicted octanol–water partition coefficient (Wildman–Crippen LogP) is 1.03. The van der Waals surface area contributed by atoms with Crippen LogP contribution in [0.1, 0.15) is 18.4 Å². The van der Waals surface area contributed by atoms with Gasteiger partial charge in [-0.05, 0) is 47.6 Å². The molecule has 0 aliphatic carbocycles. The zero-order chi connectivity index (χ0) is 18.6. The summed E-state index contributed by atoms with van der Waals surface area (Å²) in [5, 5.41) is 17.5. The van der Waals surface area contributed by atoms with Crippen LogP contribution in [0.3, 0.4) is 0 Å². The van der Waals surface area contributed by atoms with E-state index in [-0.39, 0.29) is 6.10 Å². The maximum absolute atomic E-state index is 9.04. The quantitative estimate of drug-likeness (QED) is 0.704. The largest absolute Gasteiger partial charge is 0.376 e. The molecule has 2 aliphatic heterocycles. The van der Waals surface area contributed by atoms with E-state index in [4.69, 9.17) is 22.2 Å². The van der Waals surface area contributed by atoms with Gasteiger partial charge in [0.05, 0.1) is 31.0 Å². The van der Waals surface area contributed by atoms with Crippen molar-refractivity contribution in [3.05, 3.63) is 28.7 Å². The predicted molar refractivity (Wildman–Crippen MR) is 101 cm³/mol. The standard InChI is InChI=1S/C17H22N8OS/c18-11-14-3-4-19-16(10-14)23-7-5-22(6-8-23)13-25-17(27)24(20-21-25)12-15-2-1-9-26-15/h3-4,10,15H,1-2,5-9,12-13H2/t15-/m0/s1. The average molecular weight is 386 g/mol. The van der Waals surface area contributed by atoms with Gasteiger partial charge < -0.3 is 9.64 Å². The normalized spacial score (nSPS) is 20.7. The highest BCUT2D eigenvalue weighted by Gasteiger charge is 2.21. The zero-order valence-electron chi connectivity index (χ0n) is 15.1. The van der Waals surface area contributed by atoms with Gasteiger partial charge in [0.2, 0.25) is 4.77 Å². The molecule has 0 unspecified atom stereocenters. The maximum Gasteiger partial charge on any atom is 0.217 e. The summed E-state index contributed by atoms with van der Waals surface area (Å²) in [5.74, 6) is 0.854. The van der Waals surface area contributed by atoms with Crippen LogP contribution in [0.5, 0.6) is 0 Å². The molecule has 0 saturated carbocycles. The van der Waals surface area contributed by atoms with Crippen LogP contribution >= 0.6 is 12.2 Å². The Morgan fingerprint density at radius 1 is 1.22 bits per heavy atom. The zero-order valence-corrected chi connectivity index (χ0v) is 15.9. The van der Waals surface area contributed by atoms with Gasteiger partial charge in [0.15, 0.2) is 0 Å². The molecule has 2 aromatic heterocycles. The van der Waals surface area contributed by atoms with Gasteiger partial charge in [-0.2, -0.15) is 5.26 Å². The number of hydrogen-bond donors (Lipinski definition) is 0. The number of hydrogen-bond acceptors (Lipinski definition) is 8. The number of nitriles is 1. The molecule has 142 valence electrons. The second-order valence-corrected chi connectivity index (χ2v) is 7.20. The first-order chi connectivity index (χ1) is 13.2. The Bertz CT molecular complexity index is 874. The molecule has 4 heterocycles. The molecular weight excluding hydrogens is 364 g/mol. The van der Waals surface area contributed by atoms with Gasteiger partial charge in [0, 0.05) is 39.0 Å². The minimum Gasteiger partial charge on any atom is -0.376 e. The fraction of sp³-hybridized carbons (Fsp3) is 0.588. The highest BCUT2D eigenvalue weighted by atomic mass is 32.1. The molecule has 2 fully saturated rings. The summed E-state index contributed by atoms with van der Waals surface area (Å²) in [6, 6.07) is 5.72. The van der Waals surface area contributed by atoms with Crippen molar-refractivity contribution in [2.45, 2.75) is 32.2 Å². The van der Waals surface area contributed by atoms with Crippen molar-refractivity contribution in [1.29, 1.82) is 5.26 Å². The lowest BCUT2D eigenvalue weighted by molar-refractivity contribution is 0.0930. The van der Waals surface area contributed by atoms with Crippen LogP contribution in [0, 0.1) is 16.1 Å². The Hall–Kier alpha value is -2.35. The van der Waals surface area contributed by atoms with E-state index in [1.54, 1.807) is 21.6 Å². The van der Waals surface area contributed by atoms with Gasteiger partial charge in [0.1, 0.15) is 5.82 Å². The van der Waals surface area contributed by atoms with Crippen molar-refractivity contribution < 1.29 is 4.74 Å². The number of nitrogens with zero attached hydrogens (tertiary/aromatic N) is 8. The molecule has 0 aromatic carbocycles. The minimum absolute atomic E-state index is 0.196. The molecule has 0 bridgehead atoms. The van der Waals surface area contributed by atoms with Crippen LogP contribution in [0.4, 0.5) is 5.82 Å². The number of pyridine rings is 1. The maximum atomic E-state index is 9.04. The number of rotatable bonds is 5. The van der Waals surface area contributed by atoms with Crippen LogP contribution in [-0.2, 0) is 18.0 Å². The number of piperazine rings is 1. The summed E-state index contributed by atoms with van der Waals surface area (Å²) in [5.41, 5.74) is 0.636. The van der Waals surface area contributed by atoms with E-state index in [2.05, 4.69) is 31.3 Å². The minimum atomic E-state index is 0.196. The summed E-state index contributed by atoms with van der Waals surface area (Å²) < 4.78 is 9.83. The summed E-state index contributed by atoms with van der Waals surface area (Å²) in [4.78, 5) is 8.88. The van der Waals surface area contributed by atoms with E-state index >= 15 is 0 Å². The van der Waals surface area contributed by atoms with E-state index in [9.17, 15) is 0 Å². The first-order valence-corrected chi connectivity index (χ1v) is 9.59. The first kappa shape index (κ1) is 18.0. The Morgan fingerprint density at radius 2 is 2.04 bits per heavy atom. The number of ether oxygens (including phenoxy) is 1. The molecule has 2 saturated heterocycles. The smallest absolute Gasteiger partial charge is 0.217 e. The van der Waals surface area contributed by atoms with E-state index < -0.39 is 0 Å². The van der Waals surface area contributed by atoms with Crippen molar-refractivity contribution >= 4 is 18.0 Å². The molecule has 0 spiro atoms. The van der Waals surface area contributed by atoms with Crippen molar-refractivity contribution in [2.75, 3.05) is 37.7 Å². The summed E-state index contributed by atoms with van der Waals surface area (Å²) in [6.45, 7) is 5.57. The number of tetrazole rings is 1. The van der Waals surface area contributed by atoms with E-state index in [1.165, 1.54) is 0 Å². The van der Waals surface area contributed by atoms with Gasteiger partial charge in [0.25, 0.3) is 0 Å². The summed E-state index contributed by atoms with van der Waals surface area (Å²) >= 11 is 5.52. The SMILES string of the molecule is N#Cc1ccnc(N2CCN(Cn3nnn(C[C@@H]4CCCO4)c3=S)CC2)c1. The van der Waals surface area contributed by atoms with Crippen LogP contribution in [0.2, 0.25) is 0 Å². The highest BCUT2D eigenvalue weighted by Crippen LogP contribution is 2.16. The number of aromatic nitrogens is 5. The average Bonchev–Trinajstić information content (AvgIpc) is 3.34. The lowest BCUT2D eigenvalue weighted by Crippen LogP contribution is -2.47. The molecule has 2 aromatic rings. The molecule has 9 nitrogen and oxygen atoms in total. The van der Waals surface area contributed by atoms with Gasteiger partial charge in [-0.25, -0.2) is 14.3 Å². The van der Waals surface area contributed by atoms with Crippen molar-refractivity contribution in [1.82, 2.24) is 29.7 Å². The van der Waals surface area contributed by atoms with Gasteiger partial charge in [-0.3, -0.25) is 4.90 Å². The Morgan fingerprint density at radius 3 is 2.78 bits per heavy atom. The Labute approximate surface area is 162 Å². The van der Waals surface area contributed by atoms with Crippen molar-refractivity contribution in [2.24, 2.45) is 0 Å². The third-order valence-corrected chi connectivity index (χ3v) is 5.42.